The van der Waals surface area contributed by atoms with E-state index in [4.69, 9.17) is 5.73 Å². The molecule has 3 aliphatic heterocycles. The van der Waals surface area contributed by atoms with Crippen LogP contribution in [0.25, 0.3) is 0 Å². The minimum Gasteiger partial charge on any atom is -0.383 e. The second kappa shape index (κ2) is 4.08. The molecule has 1 aromatic rings. The van der Waals surface area contributed by atoms with Gasteiger partial charge in [-0.05, 0) is 22.6 Å². The largest absolute Gasteiger partial charge is 0.383 e. The summed E-state index contributed by atoms with van der Waals surface area (Å²) in [6.07, 6.45) is 1.82. The van der Waals surface area contributed by atoms with E-state index in [0.717, 1.165) is 29.0 Å². The number of hydrogen-bond acceptors (Lipinski definition) is 5. The summed E-state index contributed by atoms with van der Waals surface area (Å²) in [7, 11) is 0. The normalized spacial score (nSPS) is 32.9. The molecule has 0 amide bonds. The zero-order valence-electron chi connectivity index (χ0n) is 8.93. The van der Waals surface area contributed by atoms with Crippen molar-refractivity contribution in [2.45, 2.75) is 6.04 Å². The molecule has 0 spiro atoms. The van der Waals surface area contributed by atoms with Crippen LogP contribution in [-0.4, -0.2) is 52.5 Å². The summed E-state index contributed by atoms with van der Waals surface area (Å²) in [5.41, 5.74) is 5.83. The Kier molecular flexibility index (Phi) is 2.72. The maximum atomic E-state index is 5.83. The summed E-state index contributed by atoms with van der Waals surface area (Å²) in [6.45, 7) is 5.65. The van der Waals surface area contributed by atoms with Crippen LogP contribution in [0.1, 0.15) is 11.9 Å². The molecular formula is C10H14IN5. The van der Waals surface area contributed by atoms with Gasteiger partial charge in [0.25, 0.3) is 0 Å². The lowest BCUT2D eigenvalue weighted by molar-refractivity contribution is 0.00869. The maximum Gasteiger partial charge on any atom is 0.149 e. The van der Waals surface area contributed by atoms with E-state index in [1.54, 1.807) is 0 Å². The Balaban J connectivity index is 1.89. The Bertz CT molecular complexity index is 402. The molecule has 5 nitrogen and oxygen atoms in total. The van der Waals surface area contributed by atoms with E-state index in [1.165, 1.54) is 13.1 Å². The Hall–Kier alpha value is -0.470. The smallest absolute Gasteiger partial charge is 0.149 e. The number of nitrogens with two attached hydrogens (primary N) is 1. The molecule has 2 bridgehead atoms. The lowest BCUT2D eigenvalue weighted by atomic mass is 10.1. The van der Waals surface area contributed by atoms with Gasteiger partial charge in [-0.15, -0.1) is 0 Å². The number of aromatic nitrogens is 2. The first-order chi connectivity index (χ1) is 7.74. The number of fused-ring (bicyclic) bond motifs is 3. The third-order valence-corrected chi connectivity index (χ3v) is 4.20. The van der Waals surface area contributed by atoms with E-state index < -0.39 is 0 Å². The van der Waals surface area contributed by atoms with Crippen LogP contribution >= 0.6 is 22.6 Å². The molecule has 3 fully saturated rings. The Morgan fingerprint density at radius 3 is 2.62 bits per heavy atom. The molecule has 4 heterocycles. The van der Waals surface area contributed by atoms with Crippen molar-refractivity contribution in [1.29, 1.82) is 0 Å². The molecule has 3 saturated heterocycles. The van der Waals surface area contributed by atoms with Gasteiger partial charge in [0.2, 0.25) is 0 Å². The standard InChI is InChI=1S/C10H14IN5/c11-7-5-13-10(14-9(7)12)8-6-15-1-3-16(8)4-2-15/h5,8H,1-4,6H2,(H2,12,13,14). The predicted molar refractivity (Wildman–Crippen MR) is 69.9 cm³/mol. The number of piperazine rings is 3. The predicted octanol–water partition coefficient (Wildman–Crippen LogP) is 0.336. The molecule has 6 heteroatoms. The lowest BCUT2D eigenvalue weighted by Crippen LogP contribution is -2.57. The molecule has 16 heavy (non-hydrogen) atoms. The summed E-state index contributed by atoms with van der Waals surface area (Å²) < 4.78 is 0.928. The molecule has 0 radical (unpaired) electrons. The van der Waals surface area contributed by atoms with Crippen LogP contribution < -0.4 is 5.73 Å². The highest BCUT2D eigenvalue weighted by atomic mass is 127. The van der Waals surface area contributed by atoms with Gasteiger partial charge in [-0.3, -0.25) is 9.80 Å². The summed E-state index contributed by atoms with van der Waals surface area (Å²) in [5.74, 6) is 1.48. The van der Waals surface area contributed by atoms with Gasteiger partial charge in [-0.1, -0.05) is 0 Å². The fourth-order valence-corrected chi connectivity index (χ4v) is 2.68. The van der Waals surface area contributed by atoms with Crippen LogP contribution in [0.2, 0.25) is 0 Å². The zero-order chi connectivity index (χ0) is 11.1. The molecule has 1 unspecified atom stereocenters. The van der Waals surface area contributed by atoms with Gasteiger partial charge in [0.1, 0.15) is 11.6 Å². The minimum absolute atomic E-state index is 0.335. The van der Waals surface area contributed by atoms with Crippen LogP contribution in [0.3, 0.4) is 0 Å². The molecule has 0 saturated carbocycles. The van der Waals surface area contributed by atoms with Crippen molar-refractivity contribution in [2.24, 2.45) is 0 Å². The van der Waals surface area contributed by atoms with Crippen molar-refractivity contribution in [1.82, 2.24) is 19.8 Å². The Labute approximate surface area is 108 Å². The van der Waals surface area contributed by atoms with Gasteiger partial charge in [0.05, 0.1) is 9.61 Å². The first kappa shape index (κ1) is 10.7. The SMILES string of the molecule is Nc1nc(C2CN3CCN2CC3)ncc1I. The van der Waals surface area contributed by atoms with Crippen molar-refractivity contribution in [3.63, 3.8) is 0 Å². The van der Waals surface area contributed by atoms with Crippen molar-refractivity contribution >= 4 is 28.4 Å². The van der Waals surface area contributed by atoms with Crippen molar-refractivity contribution in [3.8, 4) is 0 Å². The lowest BCUT2D eigenvalue weighted by Gasteiger charge is -2.46. The fourth-order valence-electron chi connectivity index (χ4n) is 2.42. The van der Waals surface area contributed by atoms with Crippen LogP contribution in [0, 0.1) is 3.57 Å². The van der Waals surface area contributed by atoms with E-state index in [2.05, 4.69) is 42.4 Å². The summed E-state index contributed by atoms with van der Waals surface area (Å²) in [6, 6.07) is 0.335. The van der Waals surface area contributed by atoms with Crippen LogP contribution in [0.5, 0.6) is 0 Å². The van der Waals surface area contributed by atoms with Crippen LogP contribution in [0.4, 0.5) is 5.82 Å². The average molecular weight is 331 g/mol. The molecule has 86 valence electrons. The Morgan fingerprint density at radius 1 is 1.31 bits per heavy atom. The van der Waals surface area contributed by atoms with Gasteiger partial charge in [0.15, 0.2) is 0 Å². The highest BCUT2D eigenvalue weighted by molar-refractivity contribution is 14.1. The molecule has 1 atom stereocenters. The third kappa shape index (κ3) is 1.78. The fraction of sp³-hybridized carbons (Fsp3) is 0.600. The quantitative estimate of drug-likeness (QED) is 0.752. The minimum atomic E-state index is 0.335. The second-order valence-corrected chi connectivity index (χ2v) is 5.48. The summed E-state index contributed by atoms with van der Waals surface area (Å²) >= 11 is 2.16. The van der Waals surface area contributed by atoms with Gasteiger partial charge >= 0.3 is 0 Å². The second-order valence-electron chi connectivity index (χ2n) is 4.31. The van der Waals surface area contributed by atoms with E-state index >= 15 is 0 Å². The van der Waals surface area contributed by atoms with Gasteiger partial charge in [-0.25, -0.2) is 9.97 Å². The zero-order valence-corrected chi connectivity index (χ0v) is 11.1. The number of halogens is 1. The van der Waals surface area contributed by atoms with Crippen molar-refractivity contribution < 1.29 is 0 Å². The van der Waals surface area contributed by atoms with Gasteiger partial charge in [0, 0.05) is 38.9 Å². The topological polar surface area (TPSA) is 58.3 Å². The summed E-state index contributed by atoms with van der Waals surface area (Å²) in [4.78, 5) is 13.8. The number of nitrogens with zero attached hydrogens (tertiary/aromatic N) is 4. The number of hydrogen-bond donors (Lipinski definition) is 1. The molecule has 4 rings (SSSR count). The van der Waals surface area contributed by atoms with Crippen LogP contribution in [0.15, 0.2) is 6.20 Å². The van der Waals surface area contributed by atoms with E-state index in [0.29, 0.717) is 11.9 Å². The monoisotopic (exact) mass is 331 g/mol. The molecule has 0 aliphatic carbocycles. The van der Waals surface area contributed by atoms with Crippen LogP contribution in [-0.2, 0) is 0 Å². The number of nitrogen functional groups attached to an aromatic ring is 1. The first-order valence-corrected chi connectivity index (χ1v) is 6.56. The average Bonchev–Trinajstić information content (AvgIpc) is 2.34. The molecule has 0 aromatic carbocycles. The van der Waals surface area contributed by atoms with Gasteiger partial charge in [-0.2, -0.15) is 0 Å². The van der Waals surface area contributed by atoms with E-state index in [1.807, 2.05) is 6.20 Å². The molecular weight excluding hydrogens is 317 g/mol. The Morgan fingerprint density at radius 2 is 2.06 bits per heavy atom. The maximum absolute atomic E-state index is 5.83. The van der Waals surface area contributed by atoms with E-state index in [9.17, 15) is 0 Å². The third-order valence-electron chi connectivity index (χ3n) is 3.37. The molecule has 3 aliphatic rings. The van der Waals surface area contributed by atoms with Gasteiger partial charge < -0.3 is 5.73 Å². The van der Waals surface area contributed by atoms with Crippen molar-refractivity contribution in [2.75, 3.05) is 38.5 Å². The highest BCUT2D eigenvalue weighted by Crippen LogP contribution is 2.27. The molecule has 1 aromatic heterocycles. The van der Waals surface area contributed by atoms with E-state index in [-0.39, 0.29) is 0 Å². The first-order valence-electron chi connectivity index (χ1n) is 5.48. The van der Waals surface area contributed by atoms with Crippen molar-refractivity contribution in [3.05, 3.63) is 15.6 Å². The number of anilines is 1. The number of rotatable bonds is 1. The summed E-state index contributed by atoms with van der Waals surface area (Å²) in [5, 5.41) is 0. The highest BCUT2D eigenvalue weighted by Gasteiger charge is 2.34. The molecule has 2 N–H and O–H groups in total.